The van der Waals surface area contributed by atoms with Gasteiger partial charge in [-0.15, -0.1) is 0 Å². The fraction of sp³-hybridized carbons (Fsp3) is 0.267. The fourth-order valence-electron chi connectivity index (χ4n) is 4.97. The molecule has 0 spiro atoms. The highest BCUT2D eigenvalue weighted by Gasteiger charge is 2.47. The predicted molar refractivity (Wildman–Crippen MR) is 144 cm³/mol. The van der Waals surface area contributed by atoms with Crippen LogP contribution in [0.15, 0.2) is 101 Å². The highest BCUT2D eigenvalue weighted by Crippen LogP contribution is 2.43. The van der Waals surface area contributed by atoms with Crippen molar-refractivity contribution in [2.24, 2.45) is 0 Å². The molecule has 4 atom stereocenters. The third kappa shape index (κ3) is 5.04. The molecular weight excluding hydrogens is 519 g/mol. The summed E-state index contributed by atoms with van der Waals surface area (Å²) in [7, 11) is 3.16. The molecule has 0 radical (unpaired) electrons. The number of methoxy groups -OCH3 is 2. The maximum absolute atomic E-state index is 15.2. The number of alkyl halides is 1. The zero-order valence-corrected chi connectivity index (χ0v) is 21.9. The average molecular weight is 549 g/mol. The molecule has 40 heavy (non-hydrogen) atoms. The minimum atomic E-state index is -1.94. The van der Waals surface area contributed by atoms with Crippen molar-refractivity contribution in [2.75, 3.05) is 20.8 Å². The Morgan fingerprint density at radius 2 is 1.43 bits per heavy atom. The van der Waals surface area contributed by atoms with Gasteiger partial charge in [0, 0.05) is 12.3 Å². The standard InChI is InChI=1S/C30H29FN2O7/c1-37-22-12-8-20(9-13-22)30(19-6-4-3-5-7-19,21-10-14-23(38-2)15-11-21)39-18-24-27(35)26(31)28(40-24)33-17-16-25(34)32-29(33)36/h3-17,24,26-28,35H,18H2,1-2H3,(H,32,34,36)/t24-,26?,27?,28-/m1/s1. The number of nitrogens with zero attached hydrogens (tertiary/aromatic N) is 1. The largest absolute Gasteiger partial charge is 0.497 e. The van der Waals surface area contributed by atoms with Gasteiger partial charge in [-0.25, -0.2) is 9.18 Å². The number of nitrogens with one attached hydrogen (secondary N) is 1. The SMILES string of the molecule is COc1ccc(C(OC[C@H]2O[C@@H](n3ccc(=O)[nH]c3=O)C(F)C2O)(c2ccccc2)c2ccc(OC)cc2)cc1. The number of aliphatic hydroxyl groups is 1. The van der Waals surface area contributed by atoms with Gasteiger partial charge in [-0.1, -0.05) is 54.6 Å². The molecule has 2 N–H and O–H groups in total. The summed E-state index contributed by atoms with van der Waals surface area (Å²) in [5, 5.41) is 10.8. The minimum absolute atomic E-state index is 0.233. The van der Waals surface area contributed by atoms with Crippen molar-refractivity contribution in [3.63, 3.8) is 0 Å². The van der Waals surface area contributed by atoms with E-state index in [1.165, 1.54) is 0 Å². The van der Waals surface area contributed by atoms with Gasteiger partial charge >= 0.3 is 5.69 Å². The van der Waals surface area contributed by atoms with Crippen LogP contribution in [0, 0.1) is 0 Å². The van der Waals surface area contributed by atoms with Crippen LogP contribution >= 0.6 is 0 Å². The summed E-state index contributed by atoms with van der Waals surface area (Å²) in [5.41, 5.74) is -0.389. The molecule has 5 rings (SSSR count). The summed E-state index contributed by atoms with van der Waals surface area (Å²) in [6.45, 7) is -0.233. The second-order valence-electron chi connectivity index (χ2n) is 9.33. The lowest BCUT2D eigenvalue weighted by atomic mass is 9.80. The van der Waals surface area contributed by atoms with Gasteiger partial charge in [-0.2, -0.15) is 0 Å². The van der Waals surface area contributed by atoms with Gasteiger partial charge in [-0.3, -0.25) is 14.3 Å². The molecule has 0 aliphatic carbocycles. The molecule has 2 heterocycles. The van der Waals surface area contributed by atoms with Gasteiger partial charge in [0.05, 0.1) is 20.8 Å². The maximum Gasteiger partial charge on any atom is 0.330 e. The Balaban J connectivity index is 1.56. The van der Waals surface area contributed by atoms with E-state index in [9.17, 15) is 14.7 Å². The van der Waals surface area contributed by atoms with Crippen molar-refractivity contribution < 1.29 is 28.4 Å². The van der Waals surface area contributed by atoms with Gasteiger partial charge in [0.15, 0.2) is 12.4 Å². The van der Waals surface area contributed by atoms with E-state index < -0.39 is 41.5 Å². The van der Waals surface area contributed by atoms with Gasteiger partial charge in [0.2, 0.25) is 0 Å². The van der Waals surface area contributed by atoms with E-state index in [2.05, 4.69) is 4.98 Å². The average Bonchev–Trinajstić information content (AvgIpc) is 3.27. The Bertz CT molecular complexity index is 1490. The molecular formula is C30H29FN2O7. The summed E-state index contributed by atoms with van der Waals surface area (Å²) in [4.78, 5) is 25.8. The van der Waals surface area contributed by atoms with Crippen molar-refractivity contribution >= 4 is 0 Å². The van der Waals surface area contributed by atoms with E-state index in [1.54, 1.807) is 14.2 Å². The van der Waals surface area contributed by atoms with Crippen LogP contribution in [0.25, 0.3) is 0 Å². The van der Waals surface area contributed by atoms with Gasteiger partial charge in [-0.05, 0) is 41.0 Å². The first-order chi connectivity index (χ1) is 19.4. The number of aromatic nitrogens is 2. The van der Waals surface area contributed by atoms with Crippen LogP contribution in [-0.2, 0) is 15.1 Å². The van der Waals surface area contributed by atoms with E-state index in [-0.39, 0.29) is 6.61 Å². The lowest BCUT2D eigenvalue weighted by Gasteiger charge is -2.37. The molecule has 0 saturated carbocycles. The quantitative estimate of drug-likeness (QED) is 0.309. The summed E-state index contributed by atoms with van der Waals surface area (Å²) in [6, 6.07) is 25.4. The molecule has 0 amide bonds. The van der Waals surface area contributed by atoms with Crippen molar-refractivity contribution in [1.82, 2.24) is 9.55 Å². The molecule has 0 bridgehead atoms. The van der Waals surface area contributed by atoms with E-state index in [1.807, 2.05) is 78.9 Å². The fourth-order valence-corrected chi connectivity index (χ4v) is 4.97. The Morgan fingerprint density at radius 1 is 0.875 bits per heavy atom. The van der Waals surface area contributed by atoms with Crippen LogP contribution in [0.1, 0.15) is 22.9 Å². The lowest BCUT2D eigenvalue weighted by molar-refractivity contribution is -0.0950. The smallest absolute Gasteiger partial charge is 0.330 e. The third-order valence-corrected chi connectivity index (χ3v) is 7.06. The van der Waals surface area contributed by atoms with Crippen LogP contribution in [0.5, 0.6) is 11.5 Å². The van der Waals surface area contributed by atoms with Crippen LogP contribution in [0.2, 0.25) is 0 Å². The highest BCUT2D eigenvalue weighted by atomic mass is 19.1. The predicted octanol–water partition coefficient (Wildman–Crippen LogP) is 3.16. The van der Waals surface area contributed by atoms with Crippen LogP contribution in [-0.4, -0.2) is 53.9 Å². The molecule has 1 saturated heterocycles. The zero-order chi connectivity index (χ0) is 28.3. The van der Waals surface area contributed by atoms with Gasteiger partial charge in [0.25, 0.3) is 5.56 Å². The van der Waals surface area contributed by atoms with Crippen molar-refractivity contribution in [1.29, 1.82) is 0 Å². The molecule has 4 aromatic rings. The molecule has 208 valence electrons. The number of halogens is 1. The first-order valence-electron chi connectivity index (χ1n) is 12.6. The van der Waals surface area contributed by atoms with Crippen molar-refractivity contribution in [2.45, 2.75) is 30.2 Å². The van der Waals surface area contributed by atoms with Crippen LogP contribution < -0.4 is 20.7 Å². The Hall–Kier alpha value is -4.25. The summed E-state index contributed by atoms with van der Waals surface area (Å²) < 4.78 is 39.4. The van der Waals surface area contributed by atoms with Crippen molar-refractivity contribution in [3.05, 3.63) is 129 Å². The number of aromatic amines is 1. The van der Waals surface area contributed by atoms with E-state index in [0.717, 1.165) is 33.5 Å². The molecule has 1 aliphatic heterocycles. The van der Waals surface area contributed by atoms with Gasteiger partial charge < -0.3 is 24.1 Å². The van der Waals surface area contributed by atoms with Gasteiger partial charge in [0.1, 0.15) is 29.3 Å². The summed E-state index contributed by atoms with van der Waals surface area (Å²) >= 11 is 0. The number of hydrogen-bond acceptors (Lipinski definition) is 7. The third-order valence-electron chi connectivity index (χ3n) is 7.06. The van der Waals surface area contributed by atoms with E-state index in [4.69, 9.17) is 18.9 Å². The Labute approximate surface area is 229 Å². The first-order valence-corrected chi connectivity index (χ1v) is 12.6. The molecule has 2 unspecified atom stereocenters. The lowest BCUT2D eigenvalue weighted by Crippen LogP contribution is -2.39. The Morgan fingerprint density at radius 3 is 1.95 bits per heavy atom. The zero-order valence-electron chi connectivity index (χ0n) is 21.9. The number of rotatable bonds is 9. The molecule has 1 aliphatic rings. The topological polar surface area (TPSA) is 112 Å². The number of aliphatic hydroxyl groups excluding tert-OH is 1. The summed E-state index contributed by atoms with van der Waals surface area (Å²) in [5.74, 6) is 1.31. The minimum Gasteiger partial charge on any atom is -0.497 e. The van der Waals surface area contributed by atoms with Crippen molar-refractivity contribution in [3.8, 4) is 11.5 Å². The molecule has 9 nitrogen and oxygen atoms in total. The van der Waals surface area contributed by atoms with E-state index in [0.29, 0.717) is 11.5 Å². The van der Waals surface area contributed by atoms with Crippen LogP contribution in [0.3, 0.4) is 0 Å². The molecule has 10 heteroatoms. The Kier molecular flexibility index (Phi) is 7.83. The normalized spacial score (nSPS) is 20.8. The van der Waals surface area contributed by atoms with Crippen LogP contribution in [0.4, 0.5) is 4.39 Å². The highest BCUT2D eigenvalue weighted by molar-refractivity contribution is 5.49. The maximum atomic E-state index is 15.2. The number of ether oxygens (including phenoxy) is 4. The number of benzene rings is 3. The monoisotopic (exact) mass is 548 g/mol. The summed E-state index contributed by atoms with van der Waals surface area (Å²) in [6.07, 6.45) is -4.97. The second-order valence-corrected chi connectivity index (χ2v) is 9.33. The first kappa shape index (κ1) is 27.3. The molecule has 3 aromatic carbocycles. The van der Waals surface area contributed by atoms with E-state index >= 15 is 4.39 Å². The number of H-pyrrole nitrogens is 1. The molecule has 1 aromatic heterocycles. The molecule has 1 fully saturated rings. The second kappa shape index (κ2) is 11.5. The number of hydrogen-bond donors (Lipinski definition) is 2.